The normalized spacial score (nSPS) is 11.3. The van der Waals surface area contributed by atoms with Crippen molar-refractivity contribution in [3.8, 4) is 10.9 Å². The highest BCUT2D eigenvalue weighted by molar-refractivity contribution is 7.13. The summed E-state index contributed by atoms with van der Waals surface area (Å²) in [5, 5.41) is 4.94. The van der Waals surface area contributed by atoms with Crippen molar-refractivity contribution in [3.63, 3.8) is 0 Å². The average Bonchev–Trinajstić information content (AvgIpc) is 2.77. The number of rotatable bonds is 3. The number of hydrogen-bond donors (Lipinski definition) is 0. The number of halogens is 3. The van der Waals surface area contributed by atoms with Gasteiger partial charge in [-0.25, -0.2) is 0 Å². The molecule has 0 aliphatic heterocycles. The zero-order valence-electron chi connectivity index (χ0n) is 8.64. The molecule has 0 unspecified atom stereocenters. The molecule has 0 fully saturated rings. The molecule has 0 spiro atoms. The van der Waals surface area contributed by atoms with E-state index >= 15 is 0 Å². The second-order valence-electron chi connectivity index (χ2n) is 3.16. The fraction of sp³-hybridized carbons (Fsp3) is 0.100. The predicted octanol–water partition coefficient (Wildman–Crippen LogP) is 3.16. The first kappa shape index (κ1) is 12.5. The maximum Gasteiger partial charge on any atom is 0.445 e. The lowest BCUT2D eigenvalue weighted by molar-refractivity contribution is -0.138. The average molecular weight is 274 g/mol. The Bertz CT molecular complexity index is 568. The van der Waals surface area contributed by atoms with Gasteiger partial charge in [-0.15, -0.1) is 5.10 Å². The third-order valence-corrected chi connectivity index (χ3v) is 2.69. The molecule has 18 heavy (non-hydrogen) atoms. The molecule has 0 aliphatic rings. The smallest absolute Gasteiger partial charge is 0.430 e. The van der Waals surface area contributed by atoms with Gasteiger partial charge in [0.15, 0.2) is 0 Å². The molecule has 0 bridgehead atoms. The van der Waals surface area contributed by atoms with Gasteiger partial charge in [-0.05, 0) is 12.1 Å². The van der Waals surface area contributed by atoms with Gasteiger partial charge in [0.05, 0.1) is 0 Å². The Morgan fingerprint density at radius 2 is 2.06 bits per heavy atom. The minimum atomic E-state index is -4.54. The van der Waals surface area contributed by atoms with E-state index in [1.165, 1.54) is 12.1 Å². The summed E-state index contributed by atoms with van der Waals surface area (Å²) in [7, 11) is 0. The highest BCUT2D eigenvalue weighted by Gasteiger charge is 2.36. The minimum absolute atomic E-state index is 0.226. The summed E-state index contributed by atoms with van der Waals surface area (Å²) >= 11 is 0.290. The Hall–Kier alpha value is -1.96. The lowest BCUT2D eigenvalue weighted by Gasteiger charge is -2.01. The van der Waals surface area contributed by atoms with E-state index in [1.807, 2.05) is 0 Å². The molecule has 4 nitrogen and oxygen atoms in total. The van der Waals surface area contributed by atoms with Crippen LogP contribution < -0.4 is 4.74 Å². The molecule has 1 heterocycles. The summed E-state index contributed by atoms with van der Waals surface area (Å²) in [6.45, 7) is 0. The molecule has 8 heteroatoms. The van der Waals surface area contributed by atoms with E-state index in [-0.39, 0.29) is 10.9 Å². The Kier molecular flexibility index (Phi) is 3.28. The van der Waals surface area contributed by atoms with Crippen molar-refractivity contribution in [2.45, 2.75) is 6.18 Å². The quantitative estimate of drug-likeness (QED) is 0.807. The second-order valence-corrected chi connectivity index (χ2v) is 4.10. The van der Waals surface area contributed by atoms with Crippen LogP contribution in [-0.4, -0.2) is 16.5 Å². The van der Waals surface area contributed by atoms with Gasteiger partial charge in [-0.3, -0.25) is 4.79 Å². The van der Waals surface area contributed by atoms with Crippen LogP contribution in [0.4, 0.5) is 13.2 Å². The standard InChI is InChI=1S/C10H5F3N2O2S/c11-10(12,13)8-14-15-9(18-8)17-7-3-1-2-6(4-7)5-16/h1-5H. The van der Waals surface area contributed by atoms with Crippen molar-refractivity contribution < 1.29 is 22.7 Å². The van der Waals surface area contributed by atoms with Crippen LogP contribution in [0.2, 0.25) is 0 Å². The first-order valence-corrected chi connectivity index (χ1v) is 5.44. The van der Waals surface area contributed by atoms with Crippen LogP contribution in [0.25, 0.3) is 0 Å². The third-order valence-electron chi connectivity index (χ3n) is 1.85. The van der Waals surface area contributed by atoms with Crippen molar-refractivity contribution >= 4 is 17.6 Å². The molecule has 0 saturated carbocycles. The van der Waals surface area contributed by atoms with Crippen LogP contribution in [-0.2, 0) is 6.18 Å². The van der Waals surface area contributed by atoms with E-state index in [2.05, 4.69) is 10.2 Å². The fourth-order valence-electron chi connectivity index (χ4n) is 1.12. The molecule has 1 aromatic carbocycles. The molecular weight excluding hydrogens is 269 g/mol. The number of ether oxygens (including phenoxy) is 1. The number of aldehydes is 1. The van der Waals surface area contributed by atoms with Crippen molar-refractivity contribution in [1.82, 2.24) is 10.2 Å². The van der Waals surface area contributed by atoms with Gasteiger partial charge in [0.2, 0.25) is 5.01 Å². The Morgan fingerprint density at radius 1 is 1.28 bits per heavy atom. The lowest BCUT2D eigenvalue weighted by atomic mass is 10.2. The lowest BCUT2D eigenvalue weighted by Crippen LogP contribution is -2.03. The first-order valence-electron chi connectivity index (χ1n) is 4.63. The van der Waals surface area contributed by atoms with Crippen molar-refractivity contribution in [2.24, 2.45) is 0 Å². The minimum Gasteiger partial charge on any atom is -0.430 e. The molecule has 0 atom stereocenters. The molecule has 0 N–H and O–H groups in total. The molecule has 1 aromatic heterocycles. The van der Waals surface area contributed by atoms with Gasteiger partial charge in [0.25, 0.3) is 5.19 Å². The second kappa shape index (κ2) is 4.73. The topological polar surface area (TPSA) is 52.1 Å². The maximum atomic E-state index is 12.3. The van der Waals surface area contributed by atoms with E-state index in [9.17, 15) is 18.0 Å². The van der Waals surface area contributed by atoms with Crippen LogP contribution in [0.3, 0.4) is 0 Å². The van der Waals surface area contributed by atoms with E-state index in [1.54, 1.807) is 12.1 Å². The summed E-state index contributed by atoms with van der Waals surface area (Å²) in [4.78, 5) is 10.5. The zero-order valence-corrected chi connectivity index (χ0v) is 9.46. The molecule has 0 saturated heterocycles. The van der Waals surface area contributed by atoms with Gasteiger partial charge in [0, 0.05) is 5.56 Å². The number of aromatic nitrogens is 2. The molecule has 0 aliphatic carbocycles. The predicted molar refractivity (Wildman–Crippen MR) is 56.8 cm³/mol. The molecule has 0 amide bonds. The highest BCUT2D eigenvalue weighted by Crippen LogP contribution is 2.35. The summed E-state index contributed by atoms with van der Waals surface area (Å²) in [5.74, 6) is 0.226. The zero-order chi connectivity index (χ0) is 13.2. The summed E-state index contributed by atoms with van der Waals surface area (Å²) in [6.07, 6.45) is -3.93. The third kappa shape index (κ3) is 2.83. The maximum absolute atomic E-state index is 12.3. The van der Waals surface area contributed by atoms with Gasteiger partial charge >= 0.3 is 6.18 Å². The monoisotopic (exact) mass is 274 g/mol. The highest BCUT2D eigenvalue weighted by atomic mass is 32.1. The molecule has 2 rings (SSSR count). The van der Waals surface area contributed by atoms with E-state index in [4.69, 9.17) is 4.74 Å². The number of carbonyl (C=O) groups excluding carboxylic acids is 1. The van der Waals surface area contributed by atoms with Gasteiger partial charge < -0.3 is 4.74 Å². The molecule has 94 valence electrons. The number of carbonyl (C=O) groups is 1. The summed E-state index contributed by atoms with van der Waals surface area (Å²) in [6, 6.07) is 5.98. The Morgan fingerprint density at radius 3 is 2.67 bits per heavy atom. The summed E-state index contributed by atoms with van der Waals surface area (Å²) < 4.78 is 41.9. The van der Waals surface area contributed by atoms with E-state index in [0.29, 0.717) is 23.2 Å². The molecular formula is C10H5F3N2O2S. The van der Waals surface area contributed by atoms with Crippen molar-refractivity contribution in [3.05, 3.63) is 34.8 Å². The first-order chi connectivity index (χ1) is 8.49. The van der Waals surface area contributed by atoms with Crippen molar-refractivity contribution in [2.75, 3.05) is 0 Å². The largest absolute Gasteiger partial charge is 0.445 e. The number of alkyl halides is 3. The van der Waals surface area contributed by atoms with Crippen LogP contribution in [0.1, 0.15) is 15.4 Å². The van der Waals surface area contributed by atoms with E-state index < -0.39 is 11.2 Å². The SMILES string of the molecule is O=Cc1cccc(Oc2nnc(C(F)(F)F)s2)c1. The van der Waals surface area contributed by atoms with Crippen LogP contribution in [0, 0.1) is 0 Å². The molecule has 2 aromatic rings. The van der Waals surface area contributed by atoms with E-state index in [0.717, 1.165) is 0 Å². The van der Waals surface area contributed by atoms with Gasteiger partial charge in [-0.1, -0.05) is 28.6 Å². The summed E-state index contributed by atoms with van der Waals surface area (Å²) in [5.41, 5.74) is 0.355. The molecule has 0 radical (unpaired) electrons. The fourth-order valence-corrected chi connectivity index (χ4v) is 1.70. The van der Waals surface area contributed by atoms with Gasteiger partial charge in [0.1, 0.15) is 12.0 Å². The Labute approximate surface area is 103 Å². The number of hydrogen-bond acceptors (Lipinski definition) is 5. The van der Waals surface area contributed by atoms with Crippen LogP contribution in [0.5, 0.6) is 10.9 Å². The van der Waals surface area contributed by atoms with Crippen LogP contribution in [0.15, 0.2) is 24.3 Å². The Balaban J connectivity index is 2.18. The van der Waals surface area contributed by atoms with Crippen LogP contribution >= 0.6 is 11.3 Å². The van der Waals surface area contributed by atoms with Gasteiger partial charge in [-0.2, -0.15) is 13.2 Å². The number of benzene rings is 1. The van der Waals surface area contributed by atoms with Crippen molar-refractivity contribution in [1.29, 1.82) is 0 Å². The number of nitrogens with zero attached hydrogens (tertiary/aromatic N) is 2.